The highest BCUT2D eigenvalue weighted by molar-refractivity contribution is 7.99. The van der Waals surface area contributed by atoms with E-state index in [1.54, 1.807) is 17.8 Å². The van der Waals surface area contributed by atoms with Crippen molar-refractivity contribution in [2.45, 2.75) is 9.79 Å². The van der Waals surface area contributed by atoms with Gasteiger partial charge in [-0.05, 0) is 41.1 Å². The van der Waals surface area contributed by atoms with E-state index in [1.165, 1.54) is 10.8 Å². The summed E-state index contributed by atoms with van der Waals surface area (Å²) in [7, 11) is 0. The fourth-order valence-corrected chi connectivity index (χ4v) is 3.23. The van der Waals surface area contributed by atoms with Crippen molar-refractivity contribution in [3.63, 3.8) is 0 Å². The Kier molecular flexibility index (Phi) is 3.77. The fourth-order valence-electron chi connectivity index (χ4n) is 2.03. The molecule has 0 aliphatic carbocycles. The number of hydrogen-bond donors (Lipinski definition) is 0. The van der Waals surface area contributed by atoms with Crippen molar-refractivity contribution in [1.29, 1.82) is 0 Å². The molecule has 0 spiro atoms. The van der Waals surface area contributed by atoms with Crippen molar-refractivity contribution in [2.24, 2.45) is 0 Å². The number of rotatable bonds is 3. The molecular formula is C17H11ClOS. The van der Waals surface area contributed by atoms with Gasteiger partial charge >= 0.3 is 0 Å². The van der Waals surface area contributed by atoms with Crippen LogP contribution in [0.15, 0.2) is 70.5 Å². The Morgan fingerprint density at radius 2 is 1.55 bits per heavy atom. The van der Waals surface area contributed by atoms with Gasteiger partial charge in [0, 0.05) is 15.4 Å². The summed E-state index contributed by atoms with van der Waals surface area (Å²) in [5.41, 5.74) is 0.523. The molecule has 3 rings (SSSR count). The normalized spacial score (nSPS) is 10.7. The van der Waals surface area contributed by atoms with Crippen LogP contribution in [0.4, 0.5) is 0 Å². The summed E-state index contributed by atoms with van der Waals surface area (Å²) in [6.45, 7) is 0. The van der Waals surface area contributed by atoms with Gasteiger partial charge < -0.3 is 0 Å². The second kappa shape index (κ2) is 5.70. The van der Waals surface area contributed by atoms with Crippen LogP contribution in [0.3, 0.4) is 0 Å². The van der Waals surface area contributed by atoms with Gasteiger partial charge in [-0.15, -0.1) is 0 Å². The van der Waals surface area contributed by atoms with Crippen molar-refractivity contribution in [2.75, 3.05) is 0 Å². The molecular weight excluding hydrogens is 288 g/mol. The third-order valence-electron chi connectivity index (χ3n) is 3.06. The van der Waals surface area contributed by atoms with Crippen LogP contribution < -0.4 is 0 Å². The Hall–Kier alpha value is -1.77. The highest BCUT2D eigenvalue weighted by atomic mass is 35.5. The first kappa shape index (κ1) is 13.2. The molecule has 0 fully saturated rings. The lowest BCUT2D eigenvalue weighted by atomic mass is 10.1. The van der Waals surface area contributed by atoms with E-state index in [1.807, 2.05) is 24.3 Å². The summed E-state index contributed by atoms with van der Waals surface area (Å²) in [5, 5.41) is 2.94. The SMILES string of the molecule is O=Cc1ccc(Sc2ccc3ccccc3c2)cc1Cl. The summed E-state index contributed by atoms with van der Waals surface area (Å²) in [6.07, 6.45) is 0.771. The van der Waals surface area contributed by atoms with E-state index in [0.29, 0.717) is 10.6 Å². The largest absolute Gasteiger partial charge is 0.298 e. The molecule has 0 N–H and O–H groups in total. The van der Waals surface area contributed by atoms with Gasteiger partial charge in [-0.2, -0.15) is 0 Å². The van der Waals surface area contributed by atoms with Crippen molar-refractivity contribution < 1.29 is 4.79 Å². The summed E-state index contributed by atoms with van der Waals surface area (Å²) >= 11 is 7.68. The van der Waals surface area contributed by atoms with E-state index < -0.39 is 0 Å². The first-order valence-electron chi connectivity index (χ1n) is 6.18. The lowest BCUT2D eigenvalue weighted by Gasteiger charge is -2.05. The van der Waals surface area contributed by atoms with E-state index in [0.717, 1.165) is 16.1 Å². The summed E-state index contributed by atoms with van der Waals surface area (Å²) in [4.78, 5) is 12.9. The Bertz CT molecular complexity index is 783. The van der Waals surface area contributed by atoms with E-state index in [-0.39, 0.29) is 0 Å². The maximum Gasteiger partial charge on any atom is 0.151 e. The van der Waals surface area contributed by atoms with Gasteiger partial charge in [0.2, 0.25) is 0 Å². The molecule has 3 aromatic carbocycles. The number of benzene rings is 3. The van der Waals surface area contributed by atoms with Crippen molar-refractivity contribution in [3.05, 3.63) is 71.2 Å². The molecule has 3 aromatic rings. The van der Waals surface area contributed by atoms with Gasteiger partial charge in [-0.1, -0.05) is 53.7 Å². The third-order valence-corrected chi connectivity index (χ3v) is 4.36. The number of carbonyl (C=O) groups excluding carboxylic acids is 1. The number of aldehydes is 1. The highest BCUT2D eigenvalue weighted by Gasteiger charge is 2.03. The zero-order valence-electron chi connectivity index (χ0n) is 10.5. The molecule has 0 saturated heterocycles. The van der Waals surface area contributed by atoms with Crippen LogP contribution in [0, 0.1) is 0 Å². The first-order valence-corrected chi connectivity index (χ1v) is 7.37. The minimum Gasteiger partial charge on any atom is -0.298 e. The van der Waals surface area contributed by atoms with Gasteiger partial charge in [0.25, 0.3) is 0 Å². The highest BCUT2D eigenvalue weighted by Crippen LogP contribution is 2.32. The third kappa shape index (κ3) is 2.72. The summed E-state index contributed by atoms with van der Waals surface area (Å²) < 4.78 is 0. The molecule has 20 heavy (non-hydrogen) atoms. The average Bonchev–Trinajstić information content (AvgIpc) is 2.47. The molecule has 0 saturated carbocycles. The van der Waals surface area contributed by atoms with E-state index in [9.17, 15) is 4.79 Å². The molecule has 0 aliphatic heterocycles. The zero-order valence-corrected chi connectivity index (χ0v) is 12.1. The van der Waals surface area contributed by atoms with E-state index in [4.69, 9.17) is 11.6 Å². The number of fused-ring (bicyclic) bond motifs is 1. The average molecular weight is 299 g/mol. The van der Waals surface area contributed by atoms with Crippen LogP contribution in [-0.4, -0.2) is 6.29 Å². The molecule has 0 bridgehead atoms. The molecule has 0 radical (unpaired) electrons. The Morgan fingerprint density at radius 3 is 2.30 bits per heavy atom. The molecule has 3 heteroatoms. The summed E-state index contributed by atoms with van der Waals surface area (Å²) in [6, 6.07) is 20.1. The Balaban J connectivity index is 1.92. The minimum atomic E-state index is 0.491. The van der Waals surface area contributed by atoms with E-state index in [2.05, 4.69) is 30.3 Å². The maximum absolute atomic E-state index is 10.8. The molecule has 0 heterocycles. The van der Waals surface area contributed by atoms with Crippen LogP contribution >= 0.6 is 23.4 Å². The van der Waals surface area contributed by atoms with E-state index >= 15 is 0 Å². The predicted molar refractivity (Wildman–Crippen MR) is 84.9 cm³/mol. The standard InChI is InChI=1S/C17H11ClOS/c18-17-10-16(8-6-14(17)11-19)20-15-7-5-12-3-1-2-4-13(12)9-15/h1-11H. The van der Waals surface area contributed by atoms with Gasteiger partial charge in [0.1, 0.15) is 0 Å². The minimum absolute atomic E-state index is 0.491. The molecule has 98 valence electrons. The zero-order chi connectivity index (χ0) is 13.9. The van der Waals surface area contributed by atoms with Gasteiger partial charge in [-0.25, -0.2) is 0 Å². The molecule has 0 aliphatic rings. The molecule has 0 atom stereocenters. The fraction of sp³-hybridized carbons (Fsp3) is 0. The van der Waals surface area contributed by atoms with Crippen LogP contribution in [0.1, 0.15) is 10.4 Å². The Morgan fingerprint density at radius 1 is 0.850 bits per heavy atom. The lowest BCUT2D eigenvalue weighted by molar-refractivity contribution is 0.112. The van der Waals surface area contributed by atoms with Gasteiger partial charge in [-0.3, -0.25) is 4.79 Å². The Labute approximate surface area is 126 Å². The number of hydrogen-bond acceptors (Lipinski definition) is 2. The smallest absolute Gasteiger partial charge is 0.151 e. The predicted octanol–water partition coefficient (Wildman–Crippen LogP) is 5.46. The lowest BCUT2D eigenvalue weighted by Crippen LogP contribution is -1.82. The van der Waals surface area contributed by atoms with Gasteiger partial charge in [0.15, 0.2) is 6.29 Å². The van der Waals surface area contributed by atoms with Crippen LogP contribution in [-0.2, 0) is 0 Å². The van der Waals surface area contributed by atoms with Crippen molar-refractivity contribution >= 4 is 40.4 Å². The maximum atomic E-state index is 10.8. The van der Waals surface area contributed by atoms with Crippen LogP contribution in [0.2, 0.25) is 5.02 Å². The van der Waals surface area contributed by atoms with Crippen LogP contribution in [0.5, 0.6) is 0 Å². The molecule has 0 amide bonds. The quantitative estimate of drug-likeness (QED) is 0.597. The number of halogens is 1. The number of carbonyl (C=O) groups is 1. The topological polar surface area (TPSA) is 17.1 Å². The molecule has 0 unspecified atom stereocenters. The monoisotopic (exact) mass is 298 g/mol. The first-order chi connectivity index (χ1) is 9.76. The molecule has 1 nitrogen and oxygen atoms in total. The van der Waals surface area contributed by atoms with Crippen molar-refractivity contribution in [1.82, 2.24) is 0 Å². The molecule has 0 aromatic heterocycles. The second-order valence-corrected chi connectivity index (χ2v) is 5.97. The van der Waals surface area contributed by atoms with Crippen molar-refractivity contribution in [3.8, 4) is 0 Å². The summed E-state index contributed by atoms with van der Waals surface area (Å²) in [5.74, 6) is 0. The van der Waals surface area contributed by atoms with Gasteiger partial charge in [0.05, 0.1) is 5.02 Å². The van der Waals surface area contributed by atoms with Crippen LogP contribution in [0.25, 0.3) is 10.8 Å². The second-order valence-electron chi connectivity index (χ2n) is 4.41.